The number of aromatic nitrogens is 2. The predicted molar refractivity (Wildman–Crippen MR) is 96.4 cm³/mol. The van der Waals surface area contributed by atoms with Crippen molar-refractivity contribution in [3.63, 3.8) is 0 Å². The van der Waals surface area contributed by atoms with Crippen LogP contribution in [0.5, 0.6) is 0 Å². The Kier molecular flexibility index (Phi) is 5.13. The molecule has 6 nitrogen and oxygen atoms in total. The van der Waals surface area contributed by atoms with Crippen LogP contribution in [0.2, 0.25) is 0 Å². The van der Waals surface area contributed by atoms with Crippen LogP contribution < -0.4 is 5.32 Å². The molecule has 0 spiro atoms. The van der Waals surface area contributed by atoms with Gasteiger partial charge in [-0.3, -0.25) is 14.6 Å². The van der Waals surface area contributed by atoms with Crippen molar-refractivity contribution in [2.24, 2.45) is 0 Å². The van der Waals surface area contributed by atoms with Gasteiger partial charge in [0.2, 0.25) is 5.91 Å². The van der Waals surface area contributed by atoms with E-state index in [0.29, 0.717) is 6.54 Å². The lowest BCUT2D eigenvalue weighted by molar-refractivity contribution is -0.119. The first-order chi connectivity index (χ1) is 12.0. The van der Waals surface area contributed by atoms with Crippen molar-refractivity contribution in [2.45, 2.75) is 46.2 Å². The maximum atomic E-state index is 13.0. The fraction of sp³-hybridized carbons (Fsp3) is 0.444. The van der Waals surface area contributed by atoms with Crippen molar-refractivity contribution >= 4 is 23.2 Å². The van der Waals surface area contributed by atoms with E-state index in [2.05, 4.69) is 15.3 Å². The Labute approximate surface area is 151 Å². The van der Waals surface area contributed by atoms with Crippen molar-refractivity contribution in [3.8, 4) is 0 Å². The third kappa shape index (κ3) is 3.87. The normalized spacial score (nSPS) is 16.9. The minimum Gasteiger partial charge on any atom is -0.351 e. The molecule has 1 N–H and O–H groups in total. The Balaban J connectivity index is 1.82. The Morgan fingerprint density at radius 1 is 1.32 bits per heavy atom. The second-order valence-electron chi connectivity index (χ2n) is 6.27. The standard InChI is InChI=1S/C18H22N4O2S/c1-11-17(25-13(3)20-11)18(24)22-9-5-8-16(22)15-7-4-6-14(21-15)10-19-12(2)23/h4,6-7,16H,5,8-10H2,1-3H3,(H,19,23)/t16-/m0/s1. The Hall–Kier alpha value is -2.28. The molecule has 0 aromatic carbocycles. The van der Waals surface area contributed by atoms with Crippen LogP contribution in [0.25, 0.3) is 0 Å². The quantitative estimate of drug-likeness (QED) is 0.912. The van der Waals surface area contributed by atoms with Gasteiger partial charge in [0.1, 0.15) is 4.88 Å². The van der Waals surface area contributed by atoms with E-state index in [1.54, 1.807) is 0 Å². The Morgan fingerprint density at radius 2 is 2.12 bits per heavy atom. The first-order valence-electron chi connectivity index (χ1n) is 8.41. The molecule has 0 aliphatic carbocycles. The number of hydrogen-bond donors (Lipinski definition) is 1. The summed E-state index contributed by atoms with van der Waals surface area (Å²) in [6, 6.07) is 5.75. The van der Waals surface area contributed by atoms with E-state index in [4.69, 9.17) is 0 Å². The summed E-state index contributed by atoms with van der Waals surface area (Å²) in [5, 5.41) is 3.67. The van der Waals surface area contributed by atoms with Crippen LogP contribution >= 0.6 is 11.3 Å². The van der Waals surface area contributed by atoms with Crippen LogP contribution in [0, 0.1) is 13.8 Å². The number of hydrogen-bond acceptors (Lipinski definition) is 5. The van der Waals surface area contributed by atoms with Crippen molar-refractivity contribution < 1.29 is 9.59 Å². The number of carbonyl (C=O) groups is 2. The van der Waals surface area contributed by atoms with Crippen LogP contribution in [-0.2, 0) is 11.3 Å². The summed E-state index contributed by atoms with van der Waals surface area (Å²) in [4.78, 5) is 35.7. The zero-order valence-corrected chi connectivity index (χ0v) is 15.5. The molecule has 2 aromatic rings. The summed E-state index contributed by atoms with van der Waals surface area (Å²) in [5.41, 5.74) is 2.48. The van der Waals surface area contributed by atoms with Gasteiger partial charge < -0.3 is 10.2 Å². The lowest BCUT2D eigenvalue weighted by Crippen LogP contribution is -2.31. The van der Waals surface area contributed by atoms with E-state index in [1.165, 1.54) is 18.3 Å². The topological polar surface area (TPSA) is 75.2 Å². The number of nitrogens with one attached hydrogen (secondary N) is 1. The zero-order chi connectivity index (χ0) is 18.0. The zero-order valence-electron chi connectivity index (χ0n) is 14.7. The highest BCUT2D eigenvalue weighted by Crippen LogP contribution is 2.33. The second-order valence-corrected chi connectivity index (χ2v) is 7.47. The monoisotopic (exact) mass is 358 g/mol. The van der Waals surface area contributed by atoms with Gasteiger partial charge in [-0.25, -0.2) is 4.98 Å². The number of carbonyl (C=O) groups excluding carboxylic acids is 2. The van der Waals surface area contributed by atoms with Gasteiger partial charge in [0, 0.05) is 13.5 Å². The number of aryl methyl sites for hydroxylation is 2. The number of nitrogens with zero attached hydrogens (tertiary/aromatic N) is 3. The Morgan fingerprint density at radius 3 is 2.80 bits per heavy atom. The molecule has 1 aliphatic heterocycles. The summed E-state index contributed by atoms with van der Waals surface area (Å²) in [7, 11) is 0. The minimum absolute atomic E-state index is 0.0217. The Bertz CT molecular complexity index is 802. The lowest BCUT2D eigenvalue weighted by Gasteiger charge is -2.24. The molecule has 2 aromatic heterocycles. The molecule has 2 amide bonds. The van der Waals surface area contributed by atoms with Gasteiger partial charge in [0.25, 0.3) is 5.91 Å². The van der Waals surface area contributed by atoms with E-state index < -0.39 is 0 Å². The first kappa shape index (κ1) is 17.5. The second kappa shape index (κ2) is 7.31. The van der Waals surface area contributed by atoms with Gasteiger partial charge in [-0.2, -0.15) is 0 Å². The lowest BCUT2D eigenvalue weighted by atomic mass is 10.1. The van der Waals surface area contributed by atoms with E-state index in [1.807, 2.05) is 36.9 Å². The van der Waals surface area contributed by atoms with Gasteiger partial charge in [0.15, 0.2) is 0 Å². The molecule has 1 aliphatic rings. The maximum absolute atomic E-state index is 13.0. The van der Waals surface area contributed by atoms with E-state index in [-0.39, 0.29) is 17.9 Å². The predicted octanol–water partition coefficient (Wildman–Crippen LogP) is 2.77. The van der Waals surface area contributed by atoms with Crippen LogP contribution in [0.4, 0.5) is 0 Å². The van der Waals surface area contributed by atoms with Gasteiger partial charge in [-0.05, 0) is 38.8 Å². The third-order valence-electron chi connectivity index (χ3n) is 4.30. The number of pyridine rings is 1. The molecule has 0 bridgehead atoms. The summed E-state index contributed by atoms with van der Waals surface area (Å²) < 4.78 is 0. The third-order valence-corrected chi connectivity index (χ3v) is 5.36. The van der Waals surface area contributed by atoms with Gasteiger partial charge >= 0.3 is 0 Å². The molecule has 25 heavy (non-hydrogen) atoms. The fourth-order valence-corrected chi connectivity index (χ4v) is 4.05. The summed E-state index contributed by atoms with van der Waals surface area (Å²) in [6.07, 6.45) is 1.87. The highest BCUT2D eigenvalue weighted by molar-refractivity contribution is 7.13. The summed E-state index contributed by atoms with van der Waals surface area (Å²) >= 11 is 1.45. The molecule has 0 saturated carbocycles. The van der Waals surface area contributed by atoms with Gasteiger partial charge in [-0.15, -0.1) is 11.3 Å². The van der Waals surface area contributed by atoms with Crippen molar-refractivity contribution in [1.29, 1.82) is 0 Å². The van der Waals surface area contributed by atoms with Crippen LogP contribution in [0.1, 0.15) is 57.6 Å². The molecule has 3 heterocycles. The average molecular weight is 358 g/mol. The smallest absolute Gasteiger partial charge is 0.266 e. The van der Waals surface area contributed by atoms with Crippen LogP contribution in [-0.4, -0.2) is 33.2 Å². The van der Waals surface area contributed by atoms with Crippen LogP contribution in [0.15, 0.2) is 18.2 Å². The highest BCUT2D eigenvalue weighted by Gasteiger charge is 2.33. The number of thiazole rings is 1. The molecular weight excluding hydrogens is 336 g/mol. The van der Waals surface area contributed by atoms with Gasteiger partial charge in [-0.1, -0.05) is 6.07 Å². The van der Waals surface area contributed by atoms with Crippen molar-refractivity contribution in [1.82, 2.24) is 20.2 Å². The molecule has 132 valence electrons. The number of amides is 2. The summed E-state index contributed by atoms with van der Waals surface area (Å²) in [6.45, 7) is 6.42. The average Bonchev–Trinajstić information content (AvgIpc) is 3.19. The van der Waals surface area contributed by atoms with E-state index in [0.717, 1.165) is 46.4 Å². The van der Waals surface area contributed by atoms with E-state index >= 15 is 0 Å². The molecular formula is C18H22N4O2S. The largest absolute Gasteiger partial charge is 0.351 e. The SMILES string of the molecule is CC(=O)NCc1cccc([C@@H]2CCCN2C(=O)c2sc(C)nc2C)n1. The van der Waals surface area contributed by atoms with Crippen molar-refractivity contribution in [2.75, 3.05) is 6.54 Å². The molecule has 7 heteroatoms. The fourth-order valence-electron chi connectivity index (χ4n) is 3.17. The molecule has 0 radical (unpaired) electrons. The maximum Gasteiger partial charge on any atom is 0.266 e. The molecule has 1 fully saturated rings. The number of likely N-dealkylation sites (tertiary alicyclic amines) is 1. The molecule has 1 saturated heterocycles. The number of rotatable bonds is 4. The van der Waals surface area contributed by atoms with E-state index in [9.17, 15) is 9.59 Å². The highest BCUT2D eigenvalue weighted by atomic mass is 32.1. The summed E-state index contributed by atoms with van der Waals surface area (Å²) in [5.74, 6) is -0.0411. The minimum atomic E-state index is -0.0825. The molecule has 1 atom stereocenters. The van der Waals surface area contributed by atoms with Crippen LogP contribution in [0.3, 0.4) is 0 Å². The molecule has 3 rings (SSSR count). The molecule has 0 unspecified atom stereocenters. The van der Waals surface area contributed by atoms with Gasteiger partial charge in [0.05, 0.1) is 34.7 Å². The first-order valence-corrected chi connectivity index (χ1v) is 9.22. The van der Waals surface area contributed by atoms with Crippen molar-refractivity contribution in [3.05, 3.63) is 45.2 Å².